The summed E-state index contributed by atoms with van der Waals surface area (Å²) in [4.78, 5) is 23.4. The van der Waals surface area contributed by atoms with Crippen LogP contribution in [0.25, 0.3) is 5.65 Å². The van der Waals surface area contributed by atoms with Gasteiger partial charge in [-0.3, -0.25) is 9.78 Å². The topological polar surface area (TPSA) is 50.5 Å². The van der Waals surface area contributed by atoms with E-state index >= 15 is 0 Å². The van der Waals surface area contributed by atoms with Gasteiger partial charge in [0.2, 0.25) is 0 Å². The summed E-state index contributed by atoms with van der Waals surface area (Å²) < 4.78 is 2.07. The van der Waals surface area contributed by atoms with Gasteiger partial charge in [-0.2, -0.15) is 0 Å². The molecule has 1 atom stereocenters. The Morgan fingerprint density at radius 1 is 1.22 bits per heavy atom. The smallest absolute Gasteiger partial charge is 0.255 e. The van der Waals surface area contributed by atoms with Crippen LogP contribution in [0.2, 0.25) is 0 Å². The molecule has 3 aromatic heterocycles. The lowest BCUT2D eigenvalue weighted by Gasteiger charge is -2.25. The number of fused-ring (bicyclic) bond motifs is 1. The fraction of sp³-hybridized carbons (Fsp3) is 0.278. The van der Waals surface area contributed by atoms with E-state index in [1.807, 2.05) is 42.3 Å². The van der Waals surface area contributed by atoms with Gasteiger partial charge in [-0.05, 0) is 44.0 Å². The Hall–Kier alpha value is -2.69. The zero-order valence-corrected chi connectivity index (χ0v) is 13.0. The maximum atomic E-state index is 12.9. The summed E-state index contributed by atoms with van der Waals surface area (Å²) in [5.74, 6) is 0.0529. The van der Waals surface area contributed by atoms with E-state index in [1.54, 1.807) is 12.4 Å². The van der Waals surface area contributed by atoms with E-state index in [0.29, 0.717) is 5.56 Å². The molecule has 0 radical (unpaired) electrons. The SMILES string of the molecule is Cc1ccc(C(=O)N2CCC[C@@H]2c2cccc3nccn23)cn1. The molecule has 0 aliphatic carbocycles. The molecule has 1 fully saturated rings. The van der Waals surface area contributed by atoms with Crippen LogP contribution in [0.15, 0.2) is 48.9 Å². The highest BCUT2D eigenvalue weighted by molar-refractivity contribution is 5.94. The lowest BCUT2D eigenvalue weighted by Crippen LogP contribution is -2.31. The van der Waals surface area contributed by atoms with Crippen molar-refractivity contribution in [1.82, 2.24) is 19.3 Å². The number of carbonyl (C=O) groups excluding carboxylic acids is 1. The van der Waals surface area contributed by atoms with Crippen LogP contribution >= 0.6 is 0 Å². The molecule has 1 aliphatic rings. The summed E-state index contributed by atoms with van der Waals surface area (Å²) >= 11 is 0. The first-order valence-electron chi connectivity index (χ1n) is 7.89. The molecule has 1 aliphatic heterocycles. The molecule has 5 nitrogen and oxygen atoms in total. The van der Waals surface area contributed by atoms with E-state index in [4.69, 9.17) is 0 Å². The number of nitrogens with zero attached hydrogens (tertiary/aromatic N) is 4. The molecule has 3 aromatic rings. The molecule has 1 amide bonds. The van der Waals surface area contributed by atoms with Gasteiger partial charge in [-0.25, -0.2) is 4.98 Å². The normalized spacial score (nSPS) is 17.8. The van der Waals surface area contributed by atoms with Crippen molar-refractivity contribution in [3.05, 3.63) is 65.9 Å². The third kappa shape index (κ3) is 2.38. The molecule has 4 rings (SSSR count). The van der Waals surface area contributed by atoms with Crippen molar-refractivity contribution in [1.29, 1.82) is 0 Å². The Morgan fingerprint density at radius 2 is 2.13 bits per heavy atom. The minimum atomic E-state index is 0.0529. The minimum Gasteiger partial charge on any atom is -0.330 e. The molecule has 0 spiro atoms. The van der Waals surface area contributed by atoms with Crippen LogP contribution in [0.1, 0.15) is 40.6 Å². The second kappa shape index (κ2) is 5.50. The molecule has 4 heterocycles. The van der Waals surface area contributed by atoms with Crippen molar-refractivity contribution in [2.75, 3.05) is 6.54 Å². The molecule has 0 unspecified atom stereocenters. The van der Waals surface area contributed by atoms with Gasteiger partial charge in [0.1, 0.15) is 5.65 Å². The number of hydrogen-bond acceptors (Lipinski definition) is 3. The molecular formula is C18H18N4O. The van der Waals surface area contributed by atoms with Crippen LogP contribution in [0.4, 0.5) is 0 Å². The zero-order chi connectivity index (χ0) is 15.8. The largest absolute Gasteiger partial charge is 0.330 e. The number of likely N-dealkylation sites (tertiary alicyclic amines) is 1. The number of amides is 1. The van der Waals surface area contributed by atoms with Crippen LogP contribution < -0.4 is 0 Å². The van der Waals surface area contributed by atoms with Crippen molar-refractivity contribution in [3.63, 3.8) is 0 Å². The molecule has 23 heavy (non-hydrogen) atoms. The number of rotatable bonds is 2. The van der Waals surface area contributed by atoms with E-state index in [-0.39, 0.29) is 11.9 Å². The summed E-state index contributed by atoms with van der Waals surface area (Å²) in [6.07, 6.45) is 7.41. The lowest BCUT2D eigenvalue weighted by molar-refractivity contribution is 0.0732. The Morgan fingerprint density at radius 3 is 2.96 bits per heavy atom. The predicted molar refractivity (Wildman–Crippen MR) is 87.2 cm³/mol. The minimum absolute atomic E-state index is 0.0529. The molecule has 0 bridgehead atoms. The average molecular weight is 306 g/mol. The molecule has 5 heteroatoms. The van der Waals surface area contributed by atoms with Gasteiger partial charge in [0.15, 0.2) is 0 Å². The van der Waals surface area contributed by atoms with E-state index in [9.17, 15) is 4.79 Å². The van der Waals surface area contributed by atoms with E-state index in [1.165, 1.54) is 0 Å². The molecule has 116 valence electrons. The highest BCUT2D eigenvalue weighted by atomic mass is 16.2. The van der Waals surface area contributed by atoms with Crippen molar-refractivity contribution in [2.24, 2.45) is 0 Å². The molecule has 0 aromatic carbocycles. The fourth-order valence-corrected chi connectivity index (χ4v) is 3.32. The van der Waals surface area contributed by atoms with E-state index in [0.717, 1.165) is 36.4 Å². The van der Waals surface area contributed by atoms with Gasteiger partial charge in [0.05, 0.1) is 11.6 Å². The third-order valence-corrected chi connectivity index (χ3v) is 4.47. The zero-order valence-electron chi connectivity index (χ0n) is 13.0. The molecule has 0 saturated carbocycles. The van der Waals surface area contributed by atoms with Crippen molar-refractivity contribution < 1.29 is 4.79 Å². The van der Waals surface area contributed by atoms with Gasteiger partial charge in [0.25, 0.3) is 5.91 Å². The molecular weight excluding hydrogens is 288 g/mol. The number of hydrogen-bond donors (Lipinski definition) is 0. The van der Waals surface area contributed by atoms with Crippen LogP contribution in [0, 0.1) is 6.92 Å². The van der Waals surface area contributed by atoms with Crippen molar-refractivity contribution in [2.45, 2.75) is 25.8 Å². The Bertz CT molecular complexity index is 853. The van der Waals surface area contributed by atoms with Gasteiger partial charge in [0, 0.05) is 36.5 Å². The highest BCUT2D eigenvalue weighted by Gasteiger charge is 2.32. The Kier molecular flexibility index (Phi) is 3.33. The summed E-state index contributed by atoms with van der Waals surface area (Å²) in [6.45, 7) is 2.70. The second-order valence-electron chi connectivity index (χ2n) is 5.95. The van der Waals surface area contributed by atoms with E-state index < -0.39 is 0 Å². The van der Waals surface area contributed by atoms with Crippen LogP contribution in [0.3, 0.4) is 0 Å². The quantitative estimate of drug-likeness (QED) is 0.731. The van der Waals surface area contributed by atoms with Gasteiger partial charge in [-0.1, -0.05) is 6.07 Å². The van der Waals surface area contributed by atoms with E-state index in [2.05, 4.69) is 20.4 Å². The number of imidazole rings is 1. The molecule has 1 saturated heterocycles. The maximum Gasteiger partial charge on any atom is 0.255 e. The van der Waals surface area contributed by atoms with Crippen molar-refractivity contribution in [3.8, 4) is 0 Å². The molecule has 0 N–H and O–H groups in total. The second-order valence-corrected chi connectivity index (χ2v) is 5.95. The Balaban J connectivity index is 1.70. The summed E-state index contributed by atoms with van der Waals surface area (Å²) in [7, 11) is 0. The summed E-state index contributed by atoms with van der Waals surface area (Å²) in [6, 6.07) is 9.90. The highest BCUT2D eigenvalue weighted by Crippen LogP contribution is 2.33. The van der Waals surface area contributed by atoms with Gasteiger partial charge < -0.3 is 9.30 Å². The Labute approximate surface area is 134 Å². The predicted octanol–water partition coefficient (Wildman–Crippen LogP) is 3.02. The summed E-state index contributed by atoms with van der Waals surface area (Å²) in [5, 5.41) is 0. The first-order chi connectivity index (χ1) is 11.2. The fourth-order valence-electron chi connectivity index (χ4n) is 3.32. The maximum absolute atomic E-state index is 12.9. The number of pyridine rings is 2. The number of carbonyl (C=O) groups is 1. The van der Waals surface area contributed by atoms with Gasteiger partial charge in [-0.15, -0.1) is 0 Å². The first-order valence-corrected chi connectivity index (χ1v) is 7.89. The van der Waals surface area contributed by atoms with Crippen molar-refractivity contribution >= 4 is 11.6 Å². The monoisotopic (exact) mass is 306 g/mol. The first kappa shape index (κ1) is 13.9. The van der Waals surface area contributed by atoms with Crippen LogP contribution in [0.5, 0.6) is 0 Å². The summed E-state index contributed by atoms with van der Waals surface area (Å²) in [5.41, 5.74) is 3.60. The number of aromatic nitrogens is 3. The standard InChI is InChI=1S/C18H18N4O/c1-13-7-8-14(12-20-13)18(23)22-10-3-5-16(22)15-4-2-6-17-19-9-11-21(15)17/h2,4,6-9,11-12,16H,3,5,10H2,1H3/t16-/m1/s1. The lowest BCUT2D eigenvalue weighted by atomic mass is 10.1. The average Bonchev–Trinajstić information content (AvgIpc) is 3.23. The van der Waals surface area contributed by atoms with Gasteiger partial charge >= 0.3 is 0 Å². The number of aryl methyl sites for hydroxylation is 1. The van der Waals surface area contributed by atoms with Crippen LogP contribution in [-0.2, 0) is 0 Å². The van der Waals surface area contributed by atoms with Crippen LogP contribution in [-0.4, -0.2) is 31.7 Å². The third-order valence-electron chi connectivity index (χ3n) is 4.47.